The van der Waals surface area contributed by atoms with Crippen LogP contribution in [0.25, 0.3) is 0 Å². The van der Waals surface area contributed by atoms with Crippen molar-refractivity contribution in [2.45, 2.75) is 6.92 Å². The van der Waals surface area contributed by atoms with Gasteiger partial charge in [0.05, 0.1) is 23.8 Å². The van der Waals surface area contributed by atoms with Crippen LogP contribution in [0.5, 0.6) is 0 Å². The average Bonchev–Trinajstić information content (AvgIpc) is 2.49. The predicted molar refractivity (Wildman–Crippen MR) is 97.3 cm³/mol. The second kappa shape index (κ2) is 8.60. The van der Waals surface area contributed by atoms with Crippen LogP contribution in [-0.4, -0.2) is 36.9 Å². The van der Waals surface area contributed by atoms with E-state index in [4.69, 9.17) is 11.6 Å². The van der Waals surface area contributed by atoms with Gasteiger partial charge in [0.25, 0.3) is 0 Å². The van der Waals surface area contributed by atoms with E-state index in [9.17, 15) is 14.0 Å². The fourth-order valence-corrected chi connectivity index (χ4v) is 2.51. The smallest absolute Gasteiger partial charge is 0.238 e. The van der Waals surface area contributed by atoms with Gasteiger partial charge in [0, 0.05) is 5.69 Å². The number of rotatable bonds is 6. The molecule has 0 unspecified atom stereocenters. The lowest BCUT2D eigenvalue weighted by molar-refractivity contribution is -0.119. The van der Waals surface area contributed by atoms with E-state index in [-0.39, 0.29) is 24.9 Å². The van der Waals surface area contributed by atoms with Crippen molar-refractivity contribution in [3.63, 3.8) is 0 Å². The van der Waals surface area contributed by atoms with E-state index in [1.807, 2.05) is 13.0 Å². The first-order chi connectivity index (χ1) is 11.8. The van der Waals surface area contributed by atoms with Crippen LogP contribution in [0.3, 0.4) is 0 Å². The van der Waals surface area contributed by atoms with Gasteiger partial charge in [-0.3, -0.25) is 14.5 Å². The van der Waals surface area contributed by atoms with Crippen molar-refractivity contribution in [1.29, 1.82) is 0 Å². The minimum absolute atomic E-state index is 0.00837. The van der Waals surface area contributed by atoms with E-state index < -0.39 is 5.82 Å². The van der Waals surface area contributed by atoms with Crippen molar-refractivity contribution >= 4 is 34.8 Å². The topological polar surface area (TPSA) is 61.4 Å². The minimum Gasteiger partial charge on any atom is -0.325 e. The van der Waals surface area contributed by atoms with Crippen molar-refractivity contribution in [2.24, 2.45) is 0 Å². The fraction of sp³-hybridized carbons (Fsp3) is 0.222. The Kier molecular flexibility index (Phi) is 6.50. The lowest BCUT2D eigenvalue weighted by Crippen LogP contribution is -2.36. The fourth-order valence-electron chi connectivity index (χ4n) is 2.22. The molecule has 0 aliphatic rings. The number of benzene rings is 2. The van der Waals surface area contributed by atoms with E-state index in [2.05, 4.69) is 10.6 Å². The molecule has 2 N–H and O–H groups in total. The molecule has 0 aliphatic heterocycles. The summed E-state index contributed by atoms with van der Waals surface area (Å²) >= 11 is 6.07. The zero-order valence-corrected chi connectivity index (χ0v) is 14.7. The highest BCUT2D eigenvalue weighted by Crippen LogP contribution is 2.22. The maximum absolute atomic E-state index is 13.1. The summed E-state index contributed by atoms with van der Waals surface area (Å²) in [7, 11) is 1.64. The summed E-state index contributed by atoms with van der Waals surface area (Å²) in [5.41, 5.74) is 1.89. The van der Waals surface area contributed by atoms with Crippen LogP contribution in [0, 0.1) is 12.7 Å². The first-order valence-electron chi connectivity index (χ1n) is 7.63. The lowest BCUT2D eigenvalue weighted by atomic mass is 10.2. The number of likely N-dealkylation sites (N-methyl/N-ethyl adjacent to an activating group) is 1. The van der Waals surface area contributed by atoms with Gasteiger partial charge < -0.3 is 10.6 Å². The molecular weight excluding hydrogens is 345 g/mol. The monoisotopic (exact) mass is 363 g/mol. The van der Waals surface area contributed by atoms with Crippen molar-refractivity contribution in [1.82, 2.24) is 4.90 Å². The molecule has 0 atom stereocenters. The average molecular weight is 364 g/mol. The van der Waals surface area contributed by atoms with Gasteiger partial charge in [0.15, 0.2) is 0 Å². The molecule has 0 saturated carbocycles. The van der Waals surface area contributed by atoms with Gasteiger partial charge in [0.2, 0.25) is 11.8 Å². The molecule has 0 heterocycles. The highest BCUT2D eigenvalue weighted by Gasteiger charge is 2.12. The second-order valence-electron chi connectivity index (χ2n) is 5.76. The van der Waals surface area contributed by atoms with E-state index in [0.717, 1.165) is 5.56 Å². The Labute approximate surface area is 150 Å². The Bertz CT molecular complexity index is 783. The molecule has 0 fully saturated rings. The lowest BCUT2D eigenvalue weighted by Gasteiger charge is -2.16. The largest absolute Gasteiger partial charge is 0.325 e. The molecule has 2 amide bonds. The highest BCUT2D eigenvalue weighted by atomic mass is 35.5. The van der Waals surface area contributed by atoms with E-state index in [1.54, 1.807) is 30.1 Å². The number of nitrogens with one attached hydrogen (secondary N) is 2. The summed E-state index contributed by atoms with van der Waals surface area (Å²) in [6.07, 6.45) is 0. The van der Waals surface area contributed by atoms with Gasteiger partial charge in [-0.2, -0.15) is 0 Å². The molecule has 2 aromatic carbocycles. The van der Waals surface area contributed by atoms with Gasteiger partial charge in [-0.1, -0.05) is 23.7 Å². The van der Waals surface area contributed by atoms with E-state index >= 15 is 0 Å². The van der Waals surface area contributed by atoms with Crippen LogP contribution in [0.15, 0.2) is 42.5 Å². The van der Waals surface area contributed by atoms with Crippen molar-refractivity contribution < 1.29 is 14.0 Å². The van der Waals surface area contributed by atoms with Crippen molar-refractivity contribution in [2.75, 3.05) is 30.8 Å². The number of anilines is 2. The summed E-state index contributed by atoms with van der Waals surface area (Å²) < 4.78 is 13.1. The van der Waals surface area contributed by atoms with Crippen molar-refractivity contribution in [3.05, 3.63) is 58.9 Å². The molecule has 25 heavy (non-hydrogen) atoms. The third-order valence-electron chi connectivity index (χ3n) is 3.33. The predicted octanol–water partition coefficient (Wildman–Crippen LogP) is 3.30. The van der Waals surface area contributed by atoms with Gasteiger partial charge in [-0.15, -0.1) is 0 Å². The number of aryl methyl sites for hydroxylation is 1. The Hall–Kier alpha value is -2.44. The number of hydrogen-bond acceptors (Lipinski definition) is 3. The minimum atomic E-state index is -0.430. The van der Waals surface area contributed by atoms with E-state index in [0.29, 0.717) is 16.4 Å². The Morgan fingerprint density at radius 3 is 2.40 bits per heavy atom. The number of hydrogen-bond donors (Lipinski definition) is 2. The summed E-state index contributed by atoms with van der Waals surface area (Å²) in [6, 6.07) is 10.9. The molecule has 2 rings (SSSR count). The maximum atomic E-state index is 13.1. The molecule has 132 valence electrons. The number of nitrogens with zero attached hydrogens (tertiary/aromatic N) is 1. The molecule has 7 heteroatoms. The van der Waals surface area contributed by atoms with Gasteiger partial charge in [0.1, 0.15) is 5.82 Å². The first kappa shape index (κ1) is 18.9. The normalized spacial score (nSPS) is 10.6. The molecule has 0 spiro atoms. The van der Waals surface area contributed by atoms with E-state index in [1.165, 1.54) is 18.2 Å². The molecule has 0 aliphatic carbocycles. The quantitative estimate of drug-likeness (QED) is 0.827. The van der Waals surface area contributed by atoms with Gasteiger partial charge >= 0.3 is 0 Å². The molecule has 0 bridgehead atoms. The molecule has 0 aromatic heterocycles. The highest BCUT2D eigenvalue weighted by molar-refractivity contribution is 6.33. The third-order valence-corrected chi connectivity index (χ3v) is 3.65. The van der Waals surface area contributed by atoms with Crippen LogP contribution >= 0.6 is 11.6 Å². The second-order valence-corrected chi connectivity index (χ2v) is 6.17. The standard InChI is InChI=1S/C18H19ClFN3O2/c1-12-6-7-16(15(19)8-12)22-18(25)11-23(2)10-17(24)21-14-5-3-4-13(20)9-14/h3-9H,10-11H2,1-2H3,(H,21,24)(H,22,25). The third kappa shape index (κ3) is 6.17. The zero-order valence-electron chi connectivity index (χ0n) is 14.0. The number of amides is 2. The van der Waals surface area contributed by atoms with Crippen LogP contribution in [0.2, 0.25) is 5.02 Å². The Balaban J connectivity index is 1.83. The molecule has 0 saturated heterocycles. The maximum Gasteiger partial charge on any atom is 0.238 e. The summed E-state index contributed by atoms with van der Waals surface area (Å²) in [5.74, 6) is -1.05. The Morgan fingerprint density at radius 1 is 1.08 bits per heavy atom. The summed E-state index contributed by atoms with van der Waals surface area (Å²) in [5, 5.41) is 5.74. The SMILES string of the molecule is Cc1ccc(NC(=O)CN(C)CC(=O)Nc2cccc(F)c2)c(Cl)c1. The number of carbonyl (C=O) groups excluding carboxylic acids is 2. The van der Waals surface area contributed by atoms with Gasteiger partial charge in [-0.05, 0) is 49.9 Å². The van der Waals surface area contributed by atoms with Gasteiger partial charge in [-0.25, -0.2) is 4.39 Å². The summed E-state index contributed by atoms with van der Waals surface area (Å²) in [6.45, 7) is 1.91. The van der Waals surface area contributed by atoms with Crippen LogP contribution in [0.4, 0.5) is 15.8 Å². The first-order valence-corrected chi connectivity index (χ1v) is 8.01. The number of halogens is 2. The summed E-state index contributed by atoms with van der Waals surface area (Å²) in [4.78, 5) is 25.5. The van der Waals surface area contributed by atoms with Crippen LogP contribution in [-0.2, 0) is 9.59 Å². The molecule has 5 nitrogen and oxygen atoms in total. The molecule has 2 aromatic rings. The molecular formula is C18H19ClFN3O2. The van der Waals surface area contributed by atoms with Crippen LogP contribution < -0.4 is 10.6 Å². The zero-order chi connectivity index (χ0) is 18.4. The van der Waals surface area contributed by atoms with Crippen molar-refractivity contribution in [3.8, 4) is 0 Å². The molecule has 0 radical (unpaired) electrons. The number of carbonyl (C=O) groups is 2. The van der Waals surface area contributed by atoms with Crippen LogP contribution in [0.1, 0.15) is 5.56 Å². The Morgan fingerprint density at radius 2 is 1.76 bits per heavy atom.